The van der Waals surface area contributed by atoms with Crippen LogP contribution in [0, 0.1) is 5.92 Å². The fourth-order valence-corrected chi connectivity index (χ4v) is 3.72. The fourth-order valence-electron chi connectivity index (χ4n) is 3.72. The Morgan fingerprint density at radius 3 is 2.70 bits per heavy atom. The fraction of sp³-hybridized carbons (Fsp3) is 1.00. The van der Waals surface area contributed by atoms with Gasteiger partial charge in [0.25, 0.3) is 0 Å². The maximum atomic E-state index is 5.80. The van der Waals surface area contributed by atoms with Crippen LogP contribution in [0.2, 0.25) is 0 Å². The van der Waals surface area contributed by atoms with Crippen LogP contribution in [0.3, 0.4) is 0 Å². The van der Waals surface area contributed by atoms with E-state index in [0.717, 1.165) is 32.0 Å². The van der Waals surface area contributed by atoms with E-state index in [2.05, 4.69) is 24.1 Å². The summed E-state index contributed by atoms with van der Waals surface area (Å²) in [5.41, 5.74) is 0. The molecule has 2 fully saturated rings. The molecular weight excluding hydrogens is 248 g/mol. The first kappa shape index (κ1) is 16.3. The molecule has 2 rings (SSSR count). The summed E-state index contributed by atoms with van der Waals surface area (Å²) in [7, 11) is 0. The third-order valence-electron chi connectivity index (χ3n) is 5.01. The molecular formula is C17H34N2O. The van der Waals surface area contributed by atoms with Crippen molar-refractivity contribution in [2.45, 2.75) is 70.9 Å². The highest BCUT2D eigenvalue weighted by atomic mass is 16.5. The van der Waals surface area contributed by atoms with Crippen LogP contribution in [0.5, 0.6) is 0 Å². The van der Waals surface area contributed by atoms with Crippen LogP contribution in [-0.4, -0.2) is 49.8 Å². The molecule has 2 aliphatic rings. The molecule has 1 heterocycles. The summed E-state index contributed by atoms with van der Waals surface area (Å²) < 4.78 is 5.80. The van der Waals surface area contributed by atoms with Gasteiger partial charge in [-0.3, -0.25) is 4.90 Å². The molecule has 1 saturated heterocycles. The van der Waals surface area contributed by atoms with Crippen LogP contribution in [0.15, 0.2) is 0 Å². The van der Waals surface area contributed by atoms with Crippen LogP contribution in [-0.2, 0) is 4.74 Å². The topological polar surface area (TPSA) is 24.5 Å². The molecule has 0 aromatic rings. The predicted octanol–water partition coefficient (Wildman–Crippen LogP) is 3.05. The highest BCUT2D eigenvalue weighted by molar-refractivity contribution is 4.84. The molecule has 3 heteroatoms. The monoisotopic (exact) mass is 282 g/mol. The smallest absolute Gasteiger partial charge is 0.0700 e. The van der Waals surface area contributed by atoms with Gasteiger partial charge in [-0.2, -0.15) is 0 Å². The highest BCUT2D eigenvalue weighted by Crippen LogP contribution is 2.27. The molecule has 1 N–H and O–H groups in total. The Morgan fingerprint density at radius 1 is 1.20 bits per heavy atom. The van der Waals surface area contributed by atoms with E-state index < -0.39 is 0 Å². The molecule has 0 aromatic heterocycles. The zero-order valence-corrected chi connectivity index (χ0v) is 13.6. The van der Waals surface area contributed by atoms with Crippen molar-refractivity contribution in [3.63, 3.8) is 0 Å². The molecule has 0 aromatic carbocycles. The summed E-state index contributed by atoms with van der Waals surface area (Å²) >= 11 is 0. The largest absolute Gasteiger partial charge is 0.376 e. The Morgan fingerprint density at radius 2 is 2.00 bits per heavy atom. The first-order valence-corrected chi connectivity index (χ1v) is 8.90. The van der Waals surface area contributed by atoms with Crippen molar-refractivity contribution in [2.24, 2.45) is 5.92 Å². The van der Waals surface area contributed by atoms with Gasteiger partial charge >= 0.3 is 0 Å². The Bertz CT molecular complexity index is 253. The van der Waals surface area contributed by atoms with Crippen molar-refractivity contribution in [2.75, 3.05) is 32.8 Å². The highest BCUT2D eigenvalue weighted by Gasteiger charge is 2.27. The molecule has 2 unspecified atom stereocenters. The number of nitrogens with zero attached hydrogens (tertiary/aromatic N) is 1. The summed E-state index contributed by atoms with van der Waals surface area (Å²) in [4.78, 5) is 2.64. The average molecular weight is 282 g/mol. The summed E-state index contributed by atoms with van der Waals surface area (Å²) in [6, 6.07) is 0.700. The van der Waals surface area contributed by atoms with Crippen molar-refractivity contribution in [1.82, 2.24) is 10.2 Å². The molecule has 1 aliphatic heterocycles. The molecule has 1 aliphatic carbocycles. The van der Waals surface area contributed by atoms with E-state index in [0.29, 0.717) is 12.1 Å². The zero-order valence-electron chi connectivity index (χ0n) is 13.6. The number of rotatable bonds is 7. The third kappa shape index (κ3) is 5.01. The Hall–Kier alpha value is -0.120. The first-order chi connectivity index (χ1) is 9.83. The van der Waals surface area contributed by atoms with E-state index in [9.17, 15) is 0 Å². The zero-order chi connectivity index (χ0) is 14.2. The van der Waals surface area contributed by atoms with E-state index in [1.165, 1.54) is 51.6 Å². The lowest BCUT2D eigenvalue weighted by Crippen LogP contribution is -2.51. The van der Waals surface area contributed by atoms with Crippen molar-refractivity contribution < 1.29 is 4.74 Å². The van der Waals surface area contributed by atoms with Crippen LogP contribution in [0.1, 0.15) is 58.8 Å². The molecule has 20 heavy (non-hydrogen) atoms. The van der Waals surface area contributed by atoms with Crippen LogP contribution < -0.4 is 5.32 Å². The van der Waals surface area contributed by atoms with Gasteiger partial charge in [-0.15, -0.1) is 0 Å². The lowest BCUT2D eigenvalue weighted by atomic mass is 9.83. The van der Waals surface area contributed by atoms with E-state index in [4.69, 9.17) is 4.74 Å². The van der Waals surface area contributed by atoms with Gasteiger partial charge in [0, 0.05) is 25.7 Å². The minimum Gasteiger partial charge on any atom is -0.376 e. The molecule has 2 atom stereocenters. The minimum atomic E-state index is 0.460. The standard InChI is InChI=1S/C17H34N2O/c1-3-10-18-17(15-8-6-5-7-9-15)14-19-11-12-20-16(4-2)13-19/h15-18H,3-14H2,1-2H3. The number of nitrogens with one attached hydrogen (secondary N) is 1. The summed E-state index contributed by atoms with van der Waals surface area (Å²) in [5, 5.41) is 3.84. The molecule has 0 amide bonds. The average Bonchev–Trinajstić information content (AvgIpc) is 2.52. The summed E-state index contributed by atoms with van der Waals surface area (Å²) in [6.45, 7) is 10.1. The van der Waals surface area contributed by atoms with Crippen LogP contribution >= 0.6 is 0 Å². The maximum absolute atomic E-state index is 5.80. The molecule has 3 nitrogen and oxygen atoms in total. The van der Waals surface area contributed by atoms with Crippen molar-refractivity contribution >= 4 is 0 Å². The lowest BCUT2D eigenvalue weighted by Gasteiger charge is -2.38. The van der Waals surface area contributed by atoms with E-state index in [1.54, 1.807) is 0 Å². The van der Waals surface area contributed by atoms with Crippen molar-refractivity contribution in [3.05, 3.63) is 0 Å². The predicted molar refractivity (Wildman–Crippen MR) is 85.1 cm³/mol. The van der Waals surface area contributed by atoms with Crippen molar-refractivity contribution in [3.8, 4) is 0 Å². The number of hydrogen-bond acceptors (Lipinski definition) is 3. The lowest BCUT2D eigenvalue weighted by molar-refractivity contribution is -0.0346. The molecule has 118 valence electrons. The van der Waals surface area contributed by atoms with Gasteiger partial charge in [-0.25, -0.2) is 0 Å². The Kier molecular flexibility index (Phi) is 7.32. The molecule has 1 saturated carbocycles. The number of morpholine rings is 1. The van der Waals surface area contributed by atoms with Gasteiger partial charge in [0.05, 0.1) is 12.7 Å². The van der Waals surface area contributed by atoms with Gasteiger partial charge in [0.1, 0.15) is 0 Å². The normalized spacial score (nSPS) is 27.6. The Labute approximate surface area is 125 Å². The van der Waals surface area contributed by atoms with Gasteiger partial charge in [-0.1, -0.05) is 33.1 Å². The number of ether oxygens (including phenoxy) is 1. The molecule has 0 spiro atoms. The number of hydrogen-bond donors (Lipinski definition) is 1. The van der Waals surface area contributed by atoms with Crippen molar-refractivity contribution in [1.29, 1.82) is 0 Å². The second kappa shape index (κ2) is 9.01. The first-order valence-electron chi connectivity index (χ1n) is 8.90. The minimum absolute atomic E-state index is 0.460. The second-order valence-electron chi connectivity index (χ2n) is 6.62. The third-order valence-corrected chi connectivity index (χ3v) is 5.01. The maximum Gasteiger partial charge on any atom is 0.0700 e. The van der Waals surface area contributed by atoms with Crippen LogP contribution in [0.4, 0.5) is 0 Å². The Balaban J connectivity index is 1.85. The second-order valence-corrected chi connectivity index (χ2v) is 6.62. The quantitative estimate of drug-likeness (QED) is 0.777. The SMILES string of the molecule is CCCNC(CN1CCOC(CC)C1)C1CCCCC1. The molecule has 0 radical (unpaired) electrons. The van der Waals surface area contributed by atoms with E-state index in [-0.39, 0.29) is 0 Å². The van der Waals surface area contributed by atoms with Crippen LogP contribution in [0.25, 0.3) is 0 Å². The van der Waals surface area contributed by atoms with E-state index in [1.807, 2.05) is 0 Å². The van der Waals surface area contributed by atoms with Gasteiger partial charge in [0.2, 0.25) is 0 Å². The van der Waals surface area contributed by atoms with Gasteiger partial charge < -0.3 is 10.1 Å². The molecule has 0 bridgehead atoms. The van der Waals surface area contributed by atoms with E-state index >= 15 is 0 Å². The summed E-state index contributed by atoms with van der Waals surface area (Å²) in [5.74, 6) is 0.901. The summed E-state index contributed by atoms with van der Waals surface area (Å²) in [6.07, 6.45) is 10.0. The van der Waals surface area contributed by atoms with Gasteiger partial charge in [-0.05, 0) is 38.1 Å². The van der Waals surface area contributed by atoms with Gasteiger partial charge in [0.15, 0.2) is 0 Å².